The van der Waals surface area contributed by atoms with E-state index in [2.05, 4.69) is 21.2 Å². The molecule has 19 heavy (non-hydrogen) atoms. The quantitative estimate of drug-likeness (QED) is 0.865. The first-order valence-corrected chi connectivity index (χ1v) is 7.11. The standard InChI is InChI=1S/C12H7BrClNO3S/c13-9-5-6(14)1-2-7(9)10(16)15-11-8(12(17)18)3-4-19-11/h1-5H,(H,15,16)(H,17,18). The number of thiophene rings is 1. The average molecular weight is 361 g/mol. The molecule has 0 atom stereocenters. The first-order chi connectivity index (χ1) is 8.99. The molecule has 1 aromatic carbocycles. The van der Waals surface area contributed by atoms with Gasteiger partial charge < -0.3 is 10.4 Å². The zero-order valence-electron chi connectivity index (χ0n) is 9.31. The van der Waals surface area contributed by atoms with Crippen molar-refractivity contribution in [1.82, 2.24) is 0 Å². The van der Waals surface area contributed by atoms with E-state index < -0.39 is 11.9 Å². The van der Waals surface area contributed by atoms with Gasteiger partial charge in [-0.2, -0.15) is 0 Å². The fourth-order valence-corrected chi connectivity index (χ4v) is 3.06. The molecule has 1 amide bonds. The number of amides is 1. The molecule has 0 bridgehead atoms. The summed E-state index contributed by atoms with van der Waals surface area (Å²) in [5.74, 6) is -1.47. The largest absolute Gasteiger partial charge is 0.478 e. The molecule has 4 nitrogen and oxygen atoms in total. The van der Waals surface area contributed by atoms with Crippen molar-refractivity contribution in [3.05, 3.63) is 50.3 Å². The summed E-state index contributed by atoms with van der Waals surface area (Å²) in [5.41, 5.74) is 0.456. The van der Waals surface area contributed by atoms with Crippen molar-refractivity contribution < 1.29 is 14.7 Å². The fraction of sp³-hybridized carbons (Fsp3) is 0. The molecular formula is C12H7BrClNO3S. The molecule has 0 radical (unpaired) electrons. The molecule has 98 valence electrons. The Bertz CT molecular complexity index is 656. The Morgan fingerprint density at radius 1 is 1.26 bits per heavy atom. The molecule has 7 heteroatoms. The van der Waals surface area contributed by atoms with Gasteiger partial charge >= 0.3 is 5.97 Å². The summed E-state index contributed by atoms with van der Waals surface area (Å²) in [6.07, 6.45) is 0. The van der Waals surface area contributed by atoms with E-state index in [1.165, 1.54) is 6.07 Å². The number of benzene rings is 1. The lowest BCUT2D eigenvalue weighted by molar-refractivity contribution is 0.0698. The SMILES string of the molecule is O=C(Nc1sccc1C(=O)O)c1ccc(Cl)cc1Br. The number of carboxylic acids is 1. The molecule has 0 aliphatic heterocycles. The second kappa shape index (κ2) is 5.73. The van der Waals surface area contributed by atoms with E-state index >= 15 is 0 Å². The smallest absolute Gasteiger partial charge is 0.338 e. The number of carbonyl (C=O) groups is 2. The molecule has 0 aliphatic carbocycles. The molecule has 0 unspecified atom stereocenters. The molecule has 2 N–H and O–H groups in total. The van der Waals surface area contributed by atoms with Crippen LogP contribution in [0.15, 0.2) is 34.1 Å². The van der Waals surface area contributed by atoms with Gasteiger partial charge in [0.25, 0.3) is 5.91 Å². The van der Waals surface area contributed by atoms with Gasteiger partial charge in [-0.05, 0) is 45.6 Å². The van der Waals surface area contributed by atoms with Crippen molar-refractivity contribution in [2.24, 2.45) is 0 Å². The third kappa shape index (κ3) is 3.15. The number of hydrogen-bond acceptors (Lipinski definition) is 3. The Hall–Kier alpha value is -1.37. The van der Waals surface area contributed by atoms with E-state index in [-0.39, 0.29) is 5.56 Å². The molecule has 2 rings (SSSR count). The van der Waals surface area contributed by atoms with Crippen LogP contribution >= 0.6 is 38.9 Å². The zero-order valence-corrected chi connectivity index (χ0v) is 12.5. The zero-order chi connectivity index (χ0) is 14.0. The number of halogens is 2. The Morgan fingerprint density at radius 3 is 2.63 bits per heavy atom. The van der Waals surface area contributed by atoms with E-state index in [0.717, 1.165) is 11.3 Å². The number of rotatable bonds is 3. The van der Waals surface area contributed by atoms with Crippen LogP contribution in [-0.2, 0) is 0 Å². The summed E-state index contributed by atoms with van der Waals surface area (Å²) < 4.78 is 0.547. The van der Waals surface area contributed by atoms with Crippen LogP contribution in [0.4, 0.5) is 5.00 Å². The van der Waals surface area contributed by atoms with Crippen LogP contribution in [0.3, 0.4) is 0 Å². The van der Waals surface area contributed by atoms with Crippen LogP contribution in [0, 0.1) is 0 Å². The van der Waals surface area contributed by atoms with Crippen molar-refractivity contribution in [3.63, 3.8) is 0 Å². The van der Waals surface area contributed by atoms with Crippen LogP contribution in [0.1, 0.15) is 20.7 Å². The number of nitrogens with one attached hydrogen (secondary N) is 1. The van der Waals surface area contributed by atoms with Crippen molar-refractivity contribution in [1.29, 1.82) is 0 Å². The maximum absolute atomic E-state index is 12.0. The molecule has 1 heterocycles. The molecule has 0 saturated carbocycles. The van der Waals surface area contributed by atoms with Crippen molar-refractivity contribution in [2.75, 3.05) is 5.32 Å². The molecule has 0 spiro atoms. The number of aromatic carboxylic acids is 1. The van der Waals surface area contributed by atoms with Crippen LogP contribution in [-0.4, -0.2) is 17.0 Å². The predicted molar refractivity (Wildman–Crippen MR) is 78.4 cm³/mol. The van der Waals surface area contributed by atoms with E-state index in [0.29, 0.717) is 20.1 Å². The highest BCUT2D eigenvalue weighted by molar-refractivity contribution is 9.10. The molecule has 0 aliphatic rings. The van der Waals surface area contributed by atoms with Crippen LogP contribution < -0.4 is 5.32 Å². The lowest BCUT2D eigenvalue weighted by atomic mass is 10.2. The lowest BCUT2D eigenvalue weighted by Crippen LogP contribution is -2.13. The third-order valence-electron chi connectivity index (χ3n) is 2.30. The van der Waals surface area contributed by atoms with E-state index in [1.54, 1.807) is 23.6 Å². The number of carbonyl (C=O) groups excluding carboxylic acids is 1. The normalized spacial score (nSPS) is 10.2. The highest BCUT2D eigenvalue weighted by atomic mass is 79.9. The van der Waals surface area contributed by atoms with Gasteiger partial charge in [0.15, 0.2) is 0 Å². The highest BCUT2D eigenvalue weighted by Crippen LogP contribution is 2.26. The van der Waals surface area contributed by atoms with Crippen LogP contribution in [0.25, 0.3) is 0 Å². The van der Waals surface area contributed by atoms with Crippen molar-refractivity contribution in [3.8, 4) is 0 Å². The summed E-state index contributed by atoms with van der Waals surface area (Å²) in [6.45, 7) is 0. The second-order valence-electron chi connectivity index (χ2n) is 3.55. The van der Waals surface area contributed by atoms with Gasteiger partial charge in [0.2, 0.25) is 0 Å². The second-order valence-corrected chi connectivity index (χ2v) is 5.75. The number of anilines is 1. The number of carboxylic acid groups (broad SMARTS) is 1. The minimum atomic E-state index is -1.08. The summed E-state index contributed by atoms with van der Waals surface area (Å²) in [5, 5.41) is 13.9. The van der Waals surface area contributed by atoms with E-state index in [9.17, 15) is 9.59 Å². The van der Waals surface area contributed by atoms with Gasteiger partial charge in [0, 0.05) is 9.50 Å². The maximum atomic E-state index is 12.0. The number of hydrogen-bond donors (Lipinski definition) is 2. The van der Waals surface area contributed by atoms with Crippen molar-refractivity contribution >= 4 is 55.7 Å². The lowest BCUT2D eigenvalue weighted by Gasteiger charge is -2.06. The van der Waals surface area contributed by atoms with Crippen LogP contribution in [0.2, 0.25) is 5.02 Å². The van der Waals surface area contributed by atoms with Crippen LogP contribution in [0.5, 0.6) is 0 Å². The molecule has 0 fully saturated rings. The Morgan fingerprint density at radius 2 is 2.00 bits per heavy atom. The van der Waals surface area contributed by atoms with Gasteiger partial charge in [0.05, 0.1) is 11.1 Å². The monoisotopic (exact) mass is 359 g/mol. The third-order valence-corrected chi connectivity index (χ3v) is 4.02. The van der Waals surface area contributed by atoms with Gasteiger partial charge in [-0.1, -0.05) is 11.6 Å². The van der Waals surface area contributed by atoms with Gasteiger partial charge in [0.1, 0.15) is 5.00 Å². The highest BCUT2D eigenvalue weighted by Gasteiger charge is 2.16. The summed E-state index contributed by atoms with van der Waals surface area (Å²) >= 11 is 10.2. The molecular weight excluding hydrogens is 354 g/mol. The minimum absolute atomic E-state index is 0.0726. The van der Waals surface area contributed by atoms with Crippen molar-refractivity contribution in [2.45, 2.75) is 0 Å². The summed E-state index contributed by atoms with van der Waals surface area (Å²) in [7, 11) is 0. The molecule has 1 aromatic heterocycles. The first kappa shape index (κ1) is 14.0. The summed E-state index contributed by atoms with van der Waals surface area (Å²) in [4.78, 5) is 23.0. The fourth-order valence-electron chi connectivity index (χ4n) is 1.42. The van der Waals surface area contributed by atoms with Gasteiger partial charge in [-0.25, -0.2) is 4.79 Å². The van der Waals surface area contributed by atoms with E-state index in [1.807, 2.05) is 0 Å². The minimum Gasteiger partial charge on any atom is -0.478 e. The Labute approximate surface area is 126 Å². The summed E-state index contributed by atoms with van der Waals surface area (Å²) in [6, 6.07) is 6.20. The molecule has 0 saturated heterocycles. The van der Waals surface area contributed by atoms with E-state index in [4.69, 9.17) is 16.7 Å². The average Bonchev–Trinajstić information content (AvgIpc) is 2.76. The maximum Gasteiger partial charge on any atom is 0.338 e. The topological polar surface area (TPSA) is 66.4 Å². The Balaban J connectivity index is 2.26. The predicted octanol–water partition coefficient (Wildman–Crippen LogP) is 4.11. The van der Waals surface area contributed by atoms with Gasteiger partial charge in [-0.3, -0.25) is 4.79 Å². The Kier molecular flexibility index (Phi) is 4.24. The molecule has 2 aromatic rings. The van der Waals surface area contributed by atoms with Gasteiger partial charge in [-0.15, -0.1) is 11.3 Å². The first-order valence-electron chi connectivity index (χ1n) is 5.06.